The van der Waals surface area contributed by atoms with Crippen molar-refractivity contribution in [1.82, 2.24) is 25.1 Å². The number of amides is 1. The molecule has 0 aliphatic carbocycles. The van der Waals surface area contributed by atoms with E-state index < -0.39 is 45.3 Å². The number of aliphatic hydroxyl groups is 2. The number of ether oxygens (including phenoxy) is 1. The Morgan fingerprint density at radius 2 is 2.15 bits per heavy atom. The minimum absolute atomic E-state index is 0.0522. The van der Waals surface area contributed by atoms with Gasteiger partial charge in [0.2, 0.25) is 11.0 Å². The minimum atomic E-state index is -4.80. The first-order valence-electron chi connectivity index (χ1n) is 10.2. The first-order chi connectivity index (χ1) is 16.1. The number of aryl methyl sites for hydroxylation is 1. The van der Waals surface area contributed by atoms with Crippen LogP contribution in [0.25, 0.3) is 0 Å². The Bertz CT molecular complexity index is 1050. The van der Waals surface area contributed by atoms with Gasteiger partial charge in [-0.15, -0.1) is 10.2 Å². The van der Waals surface area contributed by atoms with E-state index in [2.05, 4.69) is 25.0 Å². The number of aliphatic hydroxyl groups excluding tert-OH is 2. The summed E-state index contributed by atoms with van der Waals surface area (Å²) >= 11 is 7.39. The first-order valence-corrected chi connectivity index (χ1v) is 13.0. The number of phosphoric acid groups is 1. The highest BCUT2D eigenvalue weighted by molar-refractivity contribution is 7.46. The maximum Gasteiger partial charge on any atom is 0.471 e. The summed E-state index contributed by atoms with van der Waals surface area (Å²) in [5.74, 6) is -0.736. The molecule has 17 heteroatoms. The molecule has 2 aromatic rings. The van der Waals surface area contributed by atoms with E-state index in [-0.39, 0.29) is 11.0 Å². The molecule has 1 saturated heterocycles. The summed E-state index contributed by atoms with van der Waals surface area (Å²) in [5.41, 5.74) is 0.386. The number of aromatic nitrogens is 4. The number of phosphoric ester groups is 1. The zero-order valence-electron chi connectivity index (χ0n) is 18.4. The lowest BCUT2D eigenvalue weighted by molar-refractivity contribution is 0.0532. The Morgan fingerprint density at radius 3 is 2.76 bits per heavy atom. The Hall–Kier alpha value is -1.68. The largest absolute Gasteiger partial charge is 0.471 e. The molecule has 1 amide bonds. The van der Waals surface area contributed by atoms with Gasteiger partial charge in [0, 0.05) is 20.2 Å². The van der Waals surface area contributed by atoms with Crippen LogP contribution in [0.1, 0.15) is 40.8 Å². The predicted octanol–water partition coefficient (Wildman–Crippen LogP) is 0.0666. The second-order valence-corrected chi connectivity index (χ2v) is 10.00. The van der Waals surface area contributed by atoms with Gasteiger partial charge in [0.05, 0.1) is 24.4 Å². The average molecular weight is 541 g/mol. The van der Waals surface area contributed by atoms with Crippen LogP contribution in [-0.2, 0) is 27.0 Å². The first kappa shape index (κ1) is 26.9. The Labute approximate surface area is 203 Å². The third-order valence-electron chi connectivity index (χ3n) is 5.20. The van der Waals surface area contributed by atoms with Crippen LogP contribution in [0, 0.1) is 0 Å². The quantitative estimate of drug-likeness (QED) is 0.255. The zero-order chi connectivity index (χ0) is 25.0. The Morgan fingerprint density at radius 1 is 1.41 bits per heavy atom. The Kier molecular flexibility index (Phi) is 9.00. The molecule has 1 fully saturated rings. The molecule has 1 aliphatic heterocycles. The van der Waals surface area contributed by atoms with Crippen LogP contribution < -0.4 is 10.2 Å². The van der Waals surface area contributed by atoms with Crippen LogP contribution in [0.3, 0.4) is 0 Å². The second-order valence-electron chi connectivity index (χ2n) is 7.41. The van der Waals surface area contributed by atoms with Crippen LogP contribution in [0.5, 0.6) is 0 Å². The SMILES string of the molecule is CCc1nc(C(=O)N[C@@H]2CCN(c3nnc([C@@H](O)CO)s3)C[C@@H]2OC)n(COP(=O)(O)O)c1Cl. The number of nitrogens with one attached hydrogen (secondary N) is 1. The molecule has 0 bridgehead atoms. The van der Waals surface area contributed by atoms with Gasteiger partial charge in [0.15, 0.2) is 0 Å². The lowest BCUT2D eigenvalue weighted by Crippen LogP contribution is -2.55. The summed E-state index contributed by atoms with van der Waals surface area (Å²) in [4.78, 5) is 37.2. The number of hydrogen-bond donors (Lipinski definition) is 5. The molecule has 0 radical (unpaired) electrons. The maximum absolute atomic E-state index is 13.0. The van der Waals surface area contributed by atoms with Gasteiger partial charge in [0.25, 0.3) is 5.91 Å². The van der Waals surface area contributed by atoms with Gasteiger partial charge in [-0.1, -0.05) is 29.9 Å². The molecule has 0 aromatic carbocycles. The van der Waals surface area contributed by atoms with Gasteiger partial charge in [-0.3, -0.25) is 13.9 Å². The molecule has 34 heavy (non-hydrogen) atoms. The topological polar surface area (TPSA) is 192 Å². The lowest BCUT2D eigenvalue weighted by atomic mass is 10.0. The third-order valence-corrected chi connectivity index (χ3v) is 7.16. The summed E-state index contributed by atoms with van der Waals surface area (Å²) < 4.78 is 22.3. The fourth-order valence-corrected chi connectivity index (χ4v) is 4.85. The zero-order valence-corrected chi connectivity index (χ0v) is 20.8. The lowest BCUT2D eigenvalue weighted by Gasteiger charge is -2.37. The van der Waals surface area contributed by atoms with Gasteiger partial charge >= 0.3 is 7.82 Å². The van der Waals surface area contributed by atoms with Gasteiger partial charge in [-0.2, -0.15) is 0 Å². The van der Waals surface area contributed by atoms with Gasteiger partial charge in [-0.05, 0) is 12.8 Å². The van der Waals surface area contributed by atoms with Crippen molar-refractivity contribution in [1.29, 1.82) is 0 Å². The monoisotopic (exact) mass is 540 g/mol. The average Bonchev–Trinajstić information content (AvgIpc) is 3.41. The van der Waals surface area contributed by atoms with E-state index in [0.717, 1.165) is 15.9 Å². The van der Waals surface area contributed by atoms with Crippen LogP contribution in [-0.4, -0.2) is 84.6 Å². The number of rotatable bonds is 10. The van der Waals surface area contributed by atoms with Crippen LogP contribution in [0.15, 0.2) is 0 Å². The number of imidazole rings is 1. The molecule has 3 atom stereocenters. The van der Waals surface area contributed by atoms with Crippen LogP contribution in [0.2, 0.25) is 5.15 Å². The molecule has 14 nitrogen and oxygen atoms in total. The fraction of sp³-hybridized carbons (Fsp3) is 0.647. The van der Waals surface area contributed by atoms with Crippen LogP contribution in [0.4, 0.5) is 5.13 Å². The predicted molar refractivity (Wildman–Crippen MR) is 121 cm³/mol. The molecule has 0 saturated carbocycles. The summed E-state index contributed by atoms with van der Waals surface area (Å²) in [7, 11) is -3.29. The highest BCUT2D eigenvalue weighted by atomic mass is 35.5. The van der Waals surface area contributed by atoms with E-state index in [1.807, 2.05) is 4.90 Å². The number of piperidine rings is 1. The molecule has 3 heterocycles. The molecule has 0 spiro atoms. The van der Waals surface area contributed by atoms with Gasteiger partial charge in [-0.25, -0.2) is 9.55 Å². The van der Waals surface area contributed by atoms with E-state index in [9.17, 15) is 14.5 Å². The number of methoxy groups -OCH3 is 1. The van der Waals surface area contributed by atoms with Crippen molar-refractivity contribution in [2.75, 3.05) is 31.7 Å². The Balaban J connectivity index is 1.71. The van der Waals surface area contributed by atoms with Crippen molar-refractivity contribution in [3.63, 3.8) is 0 Å². The number of halogens is 1. The summed E-state index contributed by atoms with van der Waals surface area (Å²) in [6, 6.07) is -0.402. The maximum atomic E-state index is 13.0. The summed E-state index contributed by atoms with van der Waals surface area (Å²) in [6.07, 6.45) is -0.644. The van der Waals surface area contributed by atoms with E-state index in [1.165, 1.54) is 7.11 Å². The normalized spacial score (nSPS) is 19.9. The molecule has 2 aromatic heterocycles. The second kappa shape index (κ2) is 11.4. The smallest absolute Gasteiger partial charge is 0.393 e. The number of carbonyl (C=O) groups is 1. The molecule has 3 rings (SSSR count). The van der Waals surface area contributed by atoms with Crippen molar-refractivity contribution < 1.29 is 38.6 Å². The van der Waals surface area contributed by atoms with Crippen molar-refractivity contribution in [3.05, 3.63) is 21.7 Å². The summed E-state index contributed by atoms with van der Waals surface area (Å²) in [6.45, 7) is 1.55. The summed E-state index contributed by atoms with van der Waals surface area (Å²) in [5, 5.41) is 30.5. The van der Waals surface area contributed by atoms with Crippen molar-refractivity contribution in [2.24, 2.45) is 0 Å². The minimum Gasteiger partial charge on any atom is -0.393 e. The van der Waals surface area contributed by atoms with Crippen LogP contribution >= 0.6 is 30.8 Å². The highest BCUT2D eigenvalue weighted by Crippen LogP contribution is 2.37. The molecule has 1 aliphatic rings. The van der Waals surface area contributed by atoms with Gasteiger partial charge in [0.1, 0.15) is 23.0 Å². The van der Waals surface area contributed by atoms with E-state index in [0.29, 0.717) is 41.8 Å². The molecular formula is C17H26ClN6O8PS. The number of anilines is 1. The fourth-order valence-electron chi connectivity index (χ4n) is 3.43. The van der Waals surface area contributed by atoms with Gasteiger partial charge < -0.3 is 35.0 Å². The molecule has 5 N–H and O–H groups in total. The van der Waals surface area contributed by atoms with E-state index in [4.69, 9.17) is 31.2 Å². The van der Waals surface area contributed by atoms with Crippen molar-refractivity contribution >= 4 is 41.8 Å². The highest BCUT2D eigenvalue weighted by Gasteiger charge is 2.34. The molecule has 0 unspecified atom stereocenters. The molecular weight excluding hydrogens is 515 g/mol. The van der Waals surface area contributed by atoms with E-state index >= 15 is 0 Å². The van der Waals surface area contributed by atoms with Crippen molar-refractivity contribution in [2.45, 2.75) is 44.7 Å². The molecule has 190 valence electrons. The third kappa shape index (κ3) is 6.30. The van der Waals surface area contributed by atoms with Crippen molar-refractivity contribution in [3.8, 4) is 0 Å². The standard InChI is InChI=1S/C17H26ClN6O8PS/c1-3-9-13(18)24(8-32-33(28,29)30)14(19-9)15(27)20-10-4-5-23(6-12(10)31-2)17-22-21-16(34-17)11(26)7-25/h10-12,25-26H,3-8H2,1-2H3,(H,20,27)(H2,28,29,30)/t10-,11+,12+/m1/s1. The number of carbonyl (C=O) groups excluding carboxylic acids is 1. The van der Waals surface area contributed by atoms with E-state index in [1.54, 1.807) is 6.92 Å². The number of nitrogens with zero attached hydrogens (tertiary/aromatic N) is 5. The number of hydrogen-bond acceptors (Lipinski definition) is 11.